The van der Waals surface area contributed by atoms with Gasteiger partial charge in [0.25, 0.3) is 5.91 Å². The molecular formula is C12H19N5O2. The summed E-state index contributed by atoms with van der Waals surface area (Å²) in [5.74, 6) is 0.676. The number of nitrogens with one attached hydrogen (secondary N) is 2. The highest BCUT2D eigenvalue weighted by molar-refractivity contribution is 5.90. The van der Waals surface area contributed by atoms with Crippen LogP contribution in [0.4, 0.5) is 0 Å². The number of carbonyl (C=O) groups is 2. The summed E-state index contributed by atoms with van der Waals surface area (Å²) in [4.78, 5) is 29.1. The van der Waals surface area contributed by atoms with Crippen molar-refractivity contribution in [3.63, 3.8) is 0 Å². The fourth-order valence-corrected chi connectivity index (χ4v) is 2.26. The zero-order valence-electron chi connectivity index (χ0n) is 11.3. The first-order valence-electron chi connectivity index (χ1n) is 6.57. The van der Waals surface area contributed by atoms with Gasteiger partial charge in [0.2, 0.25) is 11.7 Å². The number of nitrogens with zero attached hydrogens (tertiary/aromatic N) is 3. The third-order valence-corrected chi connectivity index (χ3v) is 3.17. The Morgan fingerprint density at radius 1 is 1.53 bits per heavy atom. The van der Waals surface area contributed by atoms with E-state index in [1.165, 1.54) is 6.92 Å². The summed E-state index contributed by atoms with van der Waals surface area (Å²) in [6.45, 7) is 4.64. The molecule has 1 aliphatic heterocycles. The molecule has 0 aliphatic carbocycles. The number of hydrogen-bond acceptors (Lipinski definition) is 4. The molecule has 1 aliphatic rings. The molecule has 1 saturated heterocycles. The summed E-state index contributed by atoms with van der Waals surface area (Å²) in [7, 11) is 0. The number of rotatable bonds is 3. The van der Waals surface area contributed by atoms with E-state index in [1.807, 2.05) is 6.92 Å². The predicted octanol–water partition coefficient (Wildman–Crippen LogP) is 0.108. The molecule has 2 rings (SSSR count). The lowest BCUT2D eigenvalue weighted by Crippen LogP contribution is -2.49. The molecule has 0 spiro atoms. The van der Waals surface area contributed by atoms with E-state index in [-0.39, 0.29) is 23.7 Å². The minimum Gasteiger partial charge on any atom is -0.352 e. The number of H-pyrrole nitrogens is 1. The van der Waals surface area contributed by atoms with Crippen molar-refractivity contribution in [1.82, 2.24) is 25.4 Å². The van der Waals surface area contributed by atoms with Crippen LogP contribution < -0.4 is 5.32 Å². The zero-order chi connectivity index (χ0) is 13.8. The molecule has 1 atom stereocenters. The highest BCUT2D eigenvalue weighted by atomic mass is 16.2. The molecule has 2 heterocycles. The smallest absolute Gasteiger partial charge is 0.293 e. The zero-order valence-corrected chi connectivity index (χ0v) is 11.3. The van der Waals surface area contributed by atoms with Crippen molar-refractivity contribution >= 4 is 11.8 Å². The monoisotopic (exact) mass is 265 g/mol. The van der Waals surface area contributed by atoms with Gasteiger partial charge in [0.1, 0.15) is 5.82 Å². The average molecular weight is 265 g/mol. The largest absolute Gasteiger partial charge is 0.352 e. The lowest BCUT2D eigenvalue weighted by molar-refractivity contribution is -0.120. The van der Waals surface area contributed by atoms with E-state index in [9.17, 15) is 9.59 Å². The fraction of sp³-hybridized carbons (Fsp3) is 0.667. The van der Waals surface area contributed by atoms with Crippen LogP contribution >= 0.6 is 0 Å². The number of amides is 2. The Morgan fingerprint density at radius 3 is 2.95 bits per heavy atom. The molecule has 2 amide bonds. The molecular weight excluding hydrogens is 246 g/mol. The van der Waals surface area contributed by atoms with E-state index in [0.717, 1.165) is 19.3 Å². The SMILES string of the molecule is CCc1nc(C(=O)N2CCCC(NC(C)=O)C2)n[nH]1. The minimum atomic E-state index is -0.175. The number of aromatic amines is 1. The Bertz CT molecular complexity index is 470. The quantitative estimate of drug-likeness (QED) is 0.811. The summed E-state index contributed by atoms with van der Waals surface area (Å²) >= 11 is 0. The molecule has 1 unspecified atom stereocenters. The van der Waals surface area contributed by atoms with Crippen molar-refractivity contribution in [2.45, 2.75) is 39.2 Å². The molecule has 19 heavy (non-hydrogen) atoms. The second-order valence-corrected chi connectivity index (χ2v) is 4.75. The van der Waals surface area contributed by atoms with Gasteiger partial charge in [-0.15, -0.1) is 5.10 Å². The summed E-state index contributed by atoms with van der Waals surface area (Å²) < 4.78 is 0. The van der Waals surface area contributed by atoms with Gasteiger partial charge in [-0.1, -0.05) is 6.92 Å². The van der Waals surface area contributed by atoms with E-state index >= 15 is 0 Å². The molecule has 104 valence electrons. The first-order valence-corrected chi connectivity index (χ1v) is 6.57. The summed E-state index contributed by atoms with van der Waals surface area (Å²) in [5, 5.41) is 9.53. The first kappa shape index (κ1) is 13.5. The van der Waals surface area contributed by atoms with Crippen LogP contribution in [0.2, 0.25) is 0 Å². The topological polar surface area (TPSA) is 91.0 Å². The lowest BCUT2D eigenvalue weighted by Gasteiger charge is -2.32. The second-order valence-electron chi connectivity index (χ2n) is 4.75. The molecule has 1 fully saturated rings. The molecule has 0 radical (unpaired) electrons. The van der Waals surface area contributed by atoms with Crippen LogP contribution in [0.1, 0.15) is 43.1 Å². The van der Waals surface area contributed by atoms with Crippen LogP contribution in [-0.4, -0.2) is 51.0 Å². The molecule has 0 saturated carbocycles. The number of hydrogen-bond donors (Lipinski definition) is 2. The van der Waals surface area contributed by atoms with Crippen LogP contribution in [0.25, 0.3) is 0 Å². The van der Waals surface area contributed by atoms with E-state index in [2.05, 4.69) is 20.5 Å². The van der Waals surface area contributed by atoms with Gasteiger partial charge in [0.15, 0.2) is 0 Å². The molecule has 0 bridgehead atoms. The maximum atomic E-state index is 12.2. The lowest BCUT2D eigenvalue weighted by atomic mass is 10.1. The Morgan fingerprint density at radius 2 is 2.32 bits per heavy atom. The Hall–Kier alpha value is -1.92. The number of carbonyl (C=O) groups excluding carboxylic acids is 2. The number of aryl methyl sites for hydroxylation is 1. The van der Waals surface area contributed by atoms with E-state index < -0.39 is 0 Å². The van der Waals surface area contributed by atoms with Crippen molar-refractivity contribution in [2.24, 2.45) is 0 Å². The van der Waals surface area contributed by atoms with Crippen molar-refractivity contribution in [2.75, 3.05) is 13.1 Å². The first-order chi connectivity index (χ1) is 9.10. The molecule has 7 nitrogen and oxygen atoms in total. The standard InChI is InChI=1S/C12H19N5O2/c1-3-10-14-11(16-15-10)12(19)17-6-4-5-9(7-17)13-8(2)18/h9H,3-7H2,1-2H3,(H,13,18)(H,14,15,16). The summed E-state index contributed by atoms with van der Waals surface area (Å²) in [6, 6.07) is 0.0276. The predicted molar refractivity (Wildman–Crippen MR) is 68.5 cm³/mol. The summed E-state index contributed by atoms with van der Waals surface area (Å²) in [5.41, 5.74) is 0. The van der Waals surface area contributed by atoms with Crippen molar-refractivity contribution in [3.8, 4) is 0 Å². The number of aromatic nitrogens is 3. The van der Waals surface area contributed by atoms with Crippen LogP contribution in [0.3, 0.4) is 0 Å². The van der Waals surface area contributed by atoms with Gasteiger partial charge >= 0.3 is 0 Å². The van der Waals surface area contributed by atoms with E-state index in [1.54, 1.807) is 4.90 Å². The van der Waals surface area contributed by atoms with Gasteiger partial charge in [-0.2, -0.15) is 0 Å². The maximum absolute atomic E-state index is 12.2. The normalized spacial score (nSPS) is 19.3. The average Bonchev–Trinajstić information content (AvgIpc) is 2.86. The molecule has 1 aromatic rings. The molecule has 0 aromatic carbocycles. The molecule has 1 aromatic heterocycles. The highest BCUT2D eigenvalue weighted by Gasteiger charge is 2.26. The molecule has 2 N–H and O–H groups in total. The third-order valence-electron chi connectivity index (χ3n) is 3.17. The second kappa shape index (κ2) is 5.81. The van der Waals surface area contributed by atoms with Crippen molar-refractivity contribution in [3.05, 3.63) is 11.6 Å². The van der Waals surface area contributed by atoms with Crippen LogP contribution in [0, 0.1) is 0 Å². The van der Waals surface area contributed by atoms with Gasteiger partial charge < -0.3 is 10.2 Å². The van der Waals surface area contributed by atoms with Gasteiger partial charge in [0.05, 0.1) is 0 Å². The van der Waals surface area contributed by atoms with Crippen LogP contribution in [-0.2, 0) is 11.2 Å². The highest BCUT2D eigenvalue weighted by Crippen LogP contribution is 2.12. The Balaban J connectivity index is 2.00. The summed E-state index contributed by atoms with van der Waals surface area (Å²) in [6.07, 6.45) is 2.49. The van der Waals surface area contributed by atoms with E-state index in [4.69, 9.17) is 0 Å². The number of piperidine rings is 1. The third kappa shape index (κ3) is 3.30. The number of likely N-dealkylation sites (tertiary alicyclic amines) is 1. The minimum absolute atomic E-state index is 0.0276. The maximum Gasteiger partial charge on any atom is 0.293 e. The fourth-order valence-electron chi connectivity index (χ4n) is 2.26. The van der Waals surface area contributed by atoms with Crippen molar-refractivity contribution in [1.29, 1.82) is 0 Å². The van der Waals surface area contributed by atoms with Crippen molar-refractivity contribution < 1.29 is 9.59 Å². The Labute approximate surface area is 111 Å². The van der Waals surface area contributed by atoms with Gasteiger partial charge in [0, 0.05) is 32.5 Å². The van der Waals surface area contributed by atoms with Crippen LogP contribution in [0.5, 0.6) is 0 Å². The molecule has 7 heteroatoms. The van der Waals surface area contributed by atoms with Crippen LogP contribution in [0.15, 0.2) is 0 Å². The Kier molecular flexibility index (Phi) is 4.13. The van der Waals surface area contributed by atoms with E-state index in [0.29, 0.717) is 18.9 Å². The van der Waals surface area contributed by atoms with Gasteiger partial charge in [-0.25, -0.2) is 4.98 Å². The van der Waals surface area contributed by atoms with Gasteiger partial charge in [-0.3, -0.25) is 14.7 Å². The van der Waals surface area contributed by atoms with Gasteiger partial charge in [-0.05, 0) is 12.8 Å².